The Morgan fingerprint density at radius 2 is 1.78 bits per heavy atom. The molecule has 0 bridgehead atoms. The van der Waals surface area contributed by atoms with Gasteiger partial charge >= 0.3 is 0 Å². The Morgan fingerprint density at radius 1 is 1.00 bits per heavy atom. The molecule has 3 rings (SSSR count). The molecule has 0 aliphatic carbocycles. The first-order valence-corrected chi connectivity index (χ1v) is 8.70. The molecule has 0 saturated heterocycles. The summed E-state index contributed by atoms with van der Waals surface area (Å²) in [5.74, 6) is -0.509. The zero-order valence-electron chi connectivity index (χ0n) is 15.6. The van der Waals surface area contributed by atoms with Gasteiger partial charge in [-0.2, -0.15) is 5.10 Å². The van der Waals surface area contributed by atoms with Gasteiger partial charge in [-0.3, -0.25) is 14.3 Å². The van der Waals surface area contributed by atoms with Crippen molar-refractivity contribution in [2.45, 2.75) is 20.4 Å². The van der Waals surface area contributed by atoms with Crippen LogP contribution < -0.4 is 10.6 Å². The molecule has 2 N–H and O–H groups in total. The van der Waals surface area contributed by atoms with Gasteiger partial charge in [0, 0.05) is 18.3 Å². The molecule has 1 heterocycles. The van der Waals surface area contributed by atoms with E-state index in [1.807, 2.05) is 42.8 Å². The van der Waals surface area contributed by atoms with Crippen LogP contribution in [0.1, 0.15) is 37.7 Å². The normalized spacial score (nSPS) is 10.5. The molecule has 1 aromatic heterocycles. The van der Waals surface area contributed by atoms with Crippen LogP contribution in [0.3, 0.4) is 0 Å². The van der Waals surface area contributed by atoms with Crippen molar-refractivity contribution >= 4 is 17.5 Å². The molecule has 0 atom stereocenters. The Hall–Kier alpha value is -3.41. The number of aryl methyl sites for hydroxylation is 2. The highest BCUT2D eigenvalue weighted by Crippen LogP contribution is 2.17. The minimum absolute atomic E-state index is 0.246. The lowest BCUT2D eigenvalue weighted by Gasteiger charge is -2.11. The Bertz CT molecular complexity index is 991. The summed E-state index contributed by atoms with van der Waals surface area (Å²) in [7, 11) is 1.56. The largest absolute Gasteiger partial charge is 0.355 e. The van der Waals surface area contributed by atoms with E-state index in [-0.39, 0.29) is 11.8 Å². The maximum absolute atomic E-state index is 12.7. The Morgan fingerprint density at radius 3 is 2.48 bits per heavy atom. The first-order chi connectivity index (χ1) is 13.0. The molecule has 0 aliphatic heterocycles. The van der Waals surface area contributed by atoms with Gasteiger partial charge in [0.05, 0.1) is 23.5 Å². The monoisotopic (exact) mass is 362 g/mol. The number of hydrogen-bond acceptors (Lipinski definition) is 3. The smallest absolute Gasteiger partial charge is 0.255 e. The van der Waals surface area contributed by atoms with Gasteiger partial charge in [0.2, 0.25) is 0 Å². The summed E-state index contributed by atoms with van der Waals surface area (Å²) in [4.78, 5) is 24.7. The number of benzene rings is 2. The molecule has 3 aromatic rings. The molecule has 0 aliphatic rings. The van der Waals surface area contributed by atoms with Crippen LogP contribution in [-0.4, -0.2) is 28.6 Å². The van der Waals surface area contributed by atoms with Crippen molar-refractivity contribution in [1.29, 1.82) is 0 Å². The average molecular weight is 362 g/mol. The highest BCUT2D eigenvalue weighted by molar-refractivity contribution is 6.09. The number of nitrogens with one attached hydrogen (secondary N) is 2. The van der Waals surface area contributed by atoms with Crippen LogP contribution >= 0.6 is 0 Å². The van der Waals surface area contributed by atoms with Crippen molar-refractivity contribution in [1.82, 2.24) is 15.1 Å². The Balaban J connectivity index is 1.80. The number of aromatic nitrogens is 2. The van der Waals surface area contributed by atoms with Gasteiger partial charge in [-0.1, -0.05) is 24.3 Å². The lowest BCUT2D eigenvalue weighted by atomic mass is 10.1. The van der Waals surface area contributed by atoms with E-state index >= 15 is 0 Å². The van der Waals surface area contributed by atoms with E-state index in [1.54, 1.807) is 37.4 Å². The summed E-state index contributed by atoms with van der Waals surface area (Å²) >= 11 is 0. The van der Waals surface area contributed by atoms with Crippen LogP contribution in [0.15, 0.2) is 54.6 Å². The number of anilines is 1. The number of carbonyl (C=O) groups excluding carboxylic acids is 2. The highest BCUT2D eigenvalue weighted by Gasteiger charge is 2.13. The molecule has 6 nitrogen and oxygen atoms in total. The fourth-order valence-corrected chi connectivity index (χ4v) is 2.94. The molecule has 0 saturated carbocycles. The minimum atomic E-state index is -0.262. The topological polar surface area (TPSA) is 76.0 Å². The van der Waals surface area contributed by atoms with E-state index in [2.05, 4.69) is 15.7 Å². The van der Waals surface area contributed by atoms with Crippen LogP contribution in [0.4, 0.5) is 5.69 Å². The predicted molar refractivity (Wildman–Crippen MR) is 105 cm³/mol. The van der Waals surface area contributed by atoms with E-state index in [1.165, 1.54) is 0 Å². The number of carbonyl (C=O) groups is 2. The molecule has 2 amide bonds. The lowest BCUT2D eigenvalue weighted by Crippen LogP contribution is -2.21. The van der Waals surface area contributed by atoms with Crippen LogP contribution in [0.2, 0.25) is 0 Å². The maximum Gasteiger partial charge on any atom is 0.255 e. The van der Waals surface area contributed by atoms with Gasteiger partial charge < -0.3 is 10.6 Å². The summed E-state index contributed by atoms with van der Waals surface area (Å²) in [5.41, 5.74) is 4.45. The van der Waals surface area contributed by atoms with Crippen LogP contribution in [0, 0.1) is 13.8 Å². The van der Waals surface area contributed by atoms with E-state index < -0.39 is 0 Å². The highest BCUT2D eigenvalue weighted by atomic mass is 16.2. The number of nitrogens with zero attached hydrogens (tertiary/aromatic N) is 2. The van der Waals surface area contributed by atoms with Crippen molar-refractivity contribution in [2.75, 3.05) is 12.4 Å². The zero-order chi connectivity index (χ0) is 19.4. The van der Waals surface area contributed by atoms with Crippen molar-refractivity contribution < 1.29 is 9.59 Å². The number of para-hydroxylation sites is 1. The summed E-state index contributed by atoms with van der Waals surface area (Å²) in [5, 5.41) is 9.86. The third-order valence-electron chi connectivity index (χ3n) is 4.27. The standard InChI is InChI=1S/C21H22N4O2/c1-14-11-15(2)25(24-14)13-16-7-6-8-17(12-16)20(26)23-19-10-5-4-9-18(19)21(27)22-3/h4-12H,13H2,1-3H3,(H,22,27)(H,23,26). The van der Waals surface area contributed by atoms with Crippen molar-refractivity contribution in [2.24, 2.45) is 0 Å². The van der Waals surface area contributed by atoms with Gasteiger partial charge in [-0.15, -0.1) is 0 Å². The second-order valence-electron chi connectivity index (χ2n) is 6.36. The lowest BCUT2D eigenvalue weighted by molar-refractivity contribution is 0.0964. The third-order valence-corrected chi connectivity index (χ3v) is 4.27. The van der Waals surface area contributed by atoms with Crippen molar-refractivity contribution in [3.63, 3.8) is 0 Å². The molecule has 0 unspecified atom stereocenters. The third kappa shape index (κ3) is 4.23. The molecule has 6 heteroatoms. The summed E-state index contributed by atoms with van der Waals surface area (Å²) in [6.45, 7) is 4.55. The van der Waals surface area contributed by atoms with Crippen molar-refractivity contribution in [3.05, 3.63) is 82.7 Å². The van der Waals surface area contributed by atoms with E-state index in [4.69, 9.17) is 0 Å². The van der Waals surface area contributed by atoms with Crippen LogP contribution in [0.25, 0.3) is 0 Å². The quantitative estimate of drug-likeness (QED) is 0.732. The fraction of sp³-hybridized carbons (Fsp3) is 0.190. The summed E-state index contributed by atoms with van der Waals surface area (Å²) < 4.78 is 1.91. The number of hydrogen-bond donors (Lipinski definition) is 2. The first-order valence-electron chi connectivity index (χ1n) is 8.70. The maximum atomic E-state index is 12.7. The van der Waals surface area contributed by atoms with Gasteiger partial charge in [-0.05, 0) is 49.7 Å². The second kappa shape index (κ2) is 7.86. The van der Waals surface area contributed by atoms with Gasteiger partial charge in [-0.25, -0.2) is 0 Å². The molecular weight excluding hydrogens is 340 g/mol. The SMILES string of the molecule is CNC(=O)c1ccccc1NC(=O)c1cccc(Cn2nc(C)cc2C)c1. The zero-order valence-corrected chi connectivity index (χ0v) is 15.6. The Labute approximate surface area is 158 Å². The van der Waals surface area contributed by atoms with Crippen molar-refractivity contribution in [3.8, 4) is 0 Å². The molecule has 0 radical (unpaired) electrons. The van der Waals surface area contributed by atoms with Gasteiger partial charge in [0.25, 0.3) is 11.8 Å². The molecule has 138 valence electrons. The van der Waals surface area contributed by atoms with Gasteiger partial charge in [0.15, 0.2) is 0 Å². The summed E-state index contributed by atoms with van der Waals surface area (Å²) in [6.07, 6.45) is 0. The fourth-order valence-electron chi connectivity index (χ4n) is 2.94. The molecular formula is C21H22N4O2. The Kier molecular flexibility index (Phi) is 5.35. The van der Waals surface area contributed by atoms with Crippen LogP contribution in [-0.2, 0) is 6.54 Å². The molecule has 27 heavy (non-hydrogen) atoms. The first kappa shape index (κ1) is 18.4. The predicted octanol–water partition coefficient (Wildman–Crippen LogP) is 3.16. The van der Waals surface area contributed by atoms with Crippen LogP contribution in [0.5, 0.6) is 0 Å². The van der Waals surface area contributed by atoms with E-state index in [0.29, 0.717) is 23.4 Å². The van der Waals surface area contributed by atoms with Gasteiger partial charge in [0.1, 0.15) is 0 Å². The number of amides is 2. The minimum Gasteiger partial charge on any atom is -0.355 e. The van der Waals surface area contributed by atoms with E-state index in [9.17, 15) is 9.59 Å². The second-order valence-corrected chi connectivity index (χ2v) is 6.36. The molecule has 2 aromatic carbocycles. The number of rotatable bonds is 5. The average Bonchev–Trinajstić information content (AvgIpc) is 2.98. The molecule has 0 fully saturated rings. The molecule has 0 spiro atoms. The van der Waals surface area contributed by atoms with E-state index in [0.717, 1.165) is 17.0 Å². The summed E-state index contributed by atoms with van der Waals surface area (Å²) in [6, 6.07) is 16.3.